The predicted molar refractivity (Wildman–Crippen MR) is 136 cm³/mol. The molecule has 5 saturated carbocycles. The van der Waals surface area contributed by atoms with Crippen molar-refractivity contribution in [3.05, 3.63) is 36.5 Å². The van der Waals surface area contributed by atoms with Crippen molar-refractivity contribution in [1.29, 1.82) is 0 Å². The largest absolute Gasteiger partial charge is 0.755 e. The summed E-state index contributed by atoms with van der Waals surface area (Å²) in [7, 11) is 0. The van der Waals surface area contributed by atoms with E-state index in [2.05, 4.69) is 10.3 Å². The molecule has 4 bridgehead atoms. The van der Waals surface area contributed by atoms with Crippen molar-refractivity contribution < 1.29 is 18.4 Å². The molecule has 7 rings (SSSR count). The van der Waals surface area contributed by atoms with Crippen molar-refractivity contribution in [2.24, 2.45) is 28.9 Å². The van der Waals surface area contributed by atoms with Gasteiger partial charge in [-0.2, -0.15) is 0 Å². The lowest BCUT2D eigenvalue weighted by Crippen LogP contribution is -2.67. The Hall–Kier alpha value is -2.52. The highest BCUT2D eigenvalue weighted by Gasteiger charge is 2.59. The number of benzene rings is 1. The first-order valence-electron chi connectivity index (χ1n) is 13.2. The molecule has 1 heterocycles. The van der Waals surface area contributed by atoms with Crippen LogP contribution in [0.2, 0.25) is 0 Å². The second-order valence-corrected chi connectivity index (χ2v) is 12.4. The fourth-order valence-corrected chi connectivity index (χ4v) is 9.07. The van der Waals surface area contributed by atoms with E-state index in [1.165, 1.54) is 4.31 Å². The van der Waals surface area contributed by atoms with Gasteiger partial charge in [-0.15, -0.1) is 0 Å². The lowest BCUT2D eigenvalue weighted by atomic mass is 9.47. The molecule has 3 N–H and O–H groups in total. The third-order valence-electron chi connectivity index (χ3n) is 9.57. The number of nitrogens with one attached hydrogen (secondary N) is 1. The van der Waals surface area contributed by atoms with Crippen LogP contribution in [0.15, 0.2) is 36.5 Å². The van der Waals surface area contributed by atoms with Gasteiger partial charge in [-0.25, -0.2) is 0 Å². The van der Waals surface area contributed by atoms with Crippen LogP contribution in [-0.4, -0.2) is 37.1 Å². The highest BCUT2D eigenvalue weighted by Crippen LogP contribution is 2.60. The maximum absolute atomic E-state index is 14.2. The van der Waals surface area contributed by atoms with E-state index in [0.717, 1.165) is 56.8 Å². The number of aromatic nitrogens is 1. The topological polar surface area (TPSA) is 128 Å². The number of rotatable bonds is 6. The minimum atomic E-state index is -2.67. The van der Waals surface area contributed by atoms with Crippen molar-refractivity contribution in [1.82, 2.24) is 10.3 Å². The number of hydrogen-bond acceptors (Lipinski definition) is 5. The molecule has 192 valence electrons. The summed E-state index contributed by atoms with van der Waals surface area (Å²) in [5.41, 5.74) is 5.23. The number of carbonyl (C=O) groups excluding carboxylic acids is 2. The molecule has 1 aromatic heterocycles. The zero-order valence-corrected chi connectivity index (χ0v) is 21.2. The van der Waals surface area contributed by atoms with E-state index in [-0.39, 0.29) is 29.7 Å². The van der Waals surface area contributed by atoms with Gasteiger partial charge in [0.15, 0.2) is 0 Å². The number of para-hydroxylation sites is 1. The molecule has 36 heavy (non-hydrogen) atoms. The Morgan fingerprint density at radius 3 is 2.42 bits per heavy atom. The van der Waals surface area contributed by atoms with Crippen LogP contribution in [0.3, 0.4) is 0 Å². The van der Waals surface area contributed by atoms with Gasteiger partial charge in [0, 0.05) is 34.3 Å². The van der Waals surface area contributed by atoms with Crippen molar-refractivity contribution >= 4 is 39.7 Å². The molecule has 3 unspecified atom stereocenters. The Morgan fingerprint density at radius 1 is 1.06 bits per heavy atom. The van der Waals surface area contributed by atoms with E-state index >= 15 is 0 Å². The Morgan fingerprint density at radius 2 is 1.75 bits per heavy atom. The number of carbonyl (C=O) groups is 2. The summed E-state index contributed by atoms with van der Waals surface area (Å²) in [5.74, 6) is 0.480. The van der Waals surface area contributed by atoms with Gasteiger partial charge in [0.2, 0.25) is 11.8 Å². The molecule has 0 spiro atoms. The Bertz CT molecular complexity index is 1210. The van der Waals surface area contributed by atoms with Crippen LogP contribution in [0.5, 0.6) is 0 Å². The van der Waals surface area contributed by atoms with Crippen molar-refractivity contribution in [2.45, 2.75) is 75.8 Å². The molecule has 5 fully saturated rings. The fourth-order valence-electron chi connectivity index (χ4n) is 8.21. The number of nitrogens with two attached hydrogens (primary N) is 1. The first-order chi connectivity index (χ1) is 17.3. The molecular weight excluding hydrogens is 476 g/mol. The molecule has 5 aliphatic rings. The van der Waals surface area contributed by atoms with Crippen molar-refractivity contribution in [3.63, 3.8) is 0 Å². The van der Waals surface area contributed by atoms with Gasteiger partial charge in [0.25, 0.3) is 0 Å². The van der Waals surface area contributed by atoms with Gasteiger partial charge < -0.3 is 15.6 Å². The minimum Gasteiger partial charge on any atom is -0.755 e. The van der Waals surface area contributed by atoms with E-state index in [1.807, 2.05) is 24.3 Å². The molecule has 8 nitrogen and oxygen atoms in total. The van der Waals surface area contributed by atoms with Gasteiger partial charge in [0.05, 0.1) is 11.2 Å². The summed E-state index contributed by atoms with van der Waals surface area (Å²) in [6, 6.07) is 9.12. The molecule has 5 aliphatic carbocycles. The number of hydrogen-bond donors (Lipinski definition) is 2. The van der Waals surface area contributed by atoms with Crippen molar-refractivity contribution in [2.75, 3.05) is 4.31 Å². The number of fused-ring (bicyclic) bond motifs is 1. The molecule has 2 amide bonds. The third kappa shape index (κ3) is 3.65. The molecule has 0 radical (unpaired) electrons. The quantitative estimate of drug-likeness (QED) is 0.577. The predicted octanol–water partition coefficient (Wildman–Crippen LogP) is 3.33. The van der Waals surface area contributed by atoms with Gasteiger partial charge in [-0.3, -0.25) is 23.1 Å². The van der Waals surface area contributed by atoms with Gasteiger partial charge in [-0.1, -0.05) is 37.5 Å². The van der Waals surface area contributed by atoms with E-state index in [4.69, 9.17) is 5.73 Å². The van der Waals surface area contributed by atoms with Crippen LogP contribution in [0.25, 0.3) is 10.9 Å². The van der Waals surface area contributed by atoms with Gasteiger partial charge in [0.1, 0.15) is 5.54 Å². The number of nitrogens with zero attached hydrogens (tertiary/aromatic N) is 2. The Kier molecular flexibility index (Phi) is 5.83. The van der Waals surface area contributed by atoms with Gasteiger partial charge in [-0.05, 0) is 74.8 Å². The zero-order chi connectivity index (χ0) is 25.1. The molecule has 2 aromatic rings. The first-order valence-corrected chi connectivity index (χ1v) is 14.2. The first kappa shape index (κ1) is 23.9. The summed E-state index contributed by atoms with van der Waals surface area (Å²) in [6.07, 6.45) is 9.41. The Balaban J connectivity index is 1.36. The molecule has 0 saturated heterocycles. The maximum Gasteiger partial charge on any atom is 0.247 e. The van der Waals surface area contributed by atoms with Crippen LogP contribution in [0, 0.1) is 23.2 Å². The Labute approximate surface area is 213 Å². The van der Waals surface area contributed by atoms with E-state index in [9.17, 15) is 18.4 Å². The summed E-state index contributed by atoms with van der Waals surface area (Å²) in [6.45, 7) is 0. The van der Waals surface area contributed by atoms with Crippen LogP contribution in [-0.2, 0) is 20.9 Å². The second kappa shape index (κ2) is 8.80. The van der Waals surface area contributed by atoms with Crippen LogP contribution >= 0.6 is 0 Å². The van der Waals surface area contributed by atoms with Crippen LogP contribution in [0.4, 0.5) is 5.69 Å². The third-order valence-corrected chi connectivity index (χ3v) is 10.4. The van der Waals surface area contributed by atoms with E-state index in [0.29, 0.717) is 30.0 Å². The minimum absolute atomic E-state index is 0.0482. The average Bonchev–Trinajstić information content (AvgIpc) is 2.86. The SMILES string of the molecule is NC(=O)C12CC3CC(C1)C(NC(=O)C1(N(c4cccc5cccnc45)S(=O)[O-])CCCCC1)C(C3)C2. The van der Waals surface area contributed by atoms with Crippen LogP contribution in [0.1, 0.15) is 64.2 Å². The number of amides is 2. The number of anilines is 1. The monoisotopic (exact) mass is 509 g/mol. The maximum atomic E-state index is 14.2. The van der Waals surface area contributed by atoms with E-state index < -0.39 is 22.2 Å². The molecule has 1 aromatic carbocycles. The smallest absolute Gasteiger partial charge is 0.247 e. The highest BCUT2D eigenvalue weighted by atomic mass is 32.2. The van der Waals surface area contributed by atoms with Crippen LogP contribution < -0.4 is 15.4 Å². The lowest BCUT2D eigenvalue weighted by Gasteiger charge is -2.59. The fraction of sp³-hybridized carbons (Fsp3) is 0.593. The summed E-state index contributed by atoms with van der Waals surface area (Å²) >= 11 is -2.67. The molecular formula is C27H33N4O4S-. The second-order valence-electron chi connectivity index (χ2n) is 11.6. The molecule has 9 heteroatoms. The van der Waals surface area contributed by atoms with Gasteiger partial charge >= 0.3 is 0 Å². The summed E-state index contributed by atoms with van der Waals surface area (Å²) < 4.78 is 27.1. The summed E-state index contributed by atoms with van der Waals surface area (Å²) in [5, 5.41) is 4.18. The molecule has 3 atom stereocenters. The lowest BCUT2D eigenvalue weighted by molar-refractivity contribution is -0.148. The standard InChI is InChI=1S/C27H34N4O4S/c28-24(32)26-14-17-12-19(15-26)22(20(13-17)16-26)30-25(33)27(9-2-1-3-10-27)31(36(34)35)21-8-4-6-18-7-5-11-29-23(18)21/h4-8,11,17,19-20,22H,1-3,9-10,12-16H2,(H2,28,32)(H,30,33)(H,34,35)/p-1. The van der Waals surface area contributed by atoms with Crippen molar-refractivity contribution in [3.8, 4) is 0 Å². The number of primary amides is 1. The van der Waals surface area contributed by atoms with E-state index in [1.54, 1.807) is 12.3 Å². The summed E-state index contributed by atoms with van der Waals surface area (Å²) in [4.78, 5) is 31.1. The highest BCUT2D eigenvalue weighted by molar-refractivity contribution is 7.80. The number of pyridine rings is 1. The normalized spacial score (nSPS) is 33.2. The zero-order valence-electron chi connectivity index (χ0n) is 20.4. The average molecular weight is 510 g/mol. The molecule has 0 aliphatic heterocycles.